The maximum atomic E-state index is 5.96. The molecule has 1 nitrogen and oxygen atoms in total. The Morgan fingerprint density at radius 3 is 2.39 bits per heavy atom. The third kappa shape index (κ3) is 2.94. The van der Waals surface area contributed by atoms with Gasteiger partial charge in [0.2, 0.25) is 0 Å². The van der Waals surface area contributed by atoms with Gasteiger partial charge in [-0.25, -0.2) is 0 Å². The van der Waals surface area contributed by atoms with E-state index in [0.717, 1.165) is 11.6 Å². The molecule has 96 valence electrons. The topological polar surface area (TPSA) is 12.0 Å². The van der Waals surface area contributed by atoms with Crippen molar-refractivity contribution < 1.29 is 0 Å². The Morgan fingerprint density at radius 2 is 1.89 bits per heavy atom. The molecule has 18 heavy (non-hydrogen) atoms. The molecule has 0 saturated carbocycles. The van der Waals surface area contributed by atoms with Crippen LogP contribution < -0.4 is 5.32 Å². The Hall–Kier alpha value is -0.830. The molecular weight excluding hydrogens is 262 g/mol. The van der Waals surface area contributed by atoms with Crippen molar-refractivity contribution >= 4 is 22.9 Å². The summed E-state index contributed by atoms with van der Waals surface area (Å²) < 4.78 is 0. The molecule has 1 atom stereocenters. The van der Waals surface area contributed by atoms with E-state index in [4.69, 9.17) is 11.6 Å². The van der Waals surface area contributed by atoms with E-state index in [2.05, 4.69) is 44.3 Å². The maximum absolute atomic E-state index is 5.96. The van der Waals surface area contributed by atoms with Crippen LogP contribution in [0.2, 0.25) is 5.02 Å². The Labute approximate surface area is 118 Å². The van der Waals surface area contributed by atoms with Crippen molar-refractivity contribution in [3.63, 3.8) is 0 Å². The lowest BCUT2D eigenvalue weighted by Gasteiger charge is -2.18. The molecule has 0 amide bonds. The summed E-state index contributed by atoms with van der Waals surface area (Å²) in [6.07, 6.45) is 0. The van der Waals surface area contributed by atoms with Gasteiger partial charge in [0, 0.05) is 14.8 Å². The van der Waals surface area contributed by atoms with Crippen molar-refractivity contribution in [1.82, 2.24) is 5.32 Å². The van der Waals surface area contributed by atoms with Gasteiger partial charge in [-0.3, -0.25) is 0 Å². The van der Waals surface area contributed by atoms with Crippen LogP contribution in [-0.4, -0.2) is 6.54 Å². The summed E-state index contributed by atoms with van der Waals surface area (Å²) >= 11 is 7.81. The predicted molar refractivity (Wildman–Crippen MR) is 80.8 cm³/mol. The highest BCUT2D eigenvalue weighted by atomic mass is 35.5. The van der Waals surface area contributed by atoms with E-state index in [1.54, 1.807) is 0 Å². The first-order valence-corrected chi connectivity index (χ1v) is 7.37. The Balaban J connectivity index is 2.39. The zero-order valence-corrected chi connectivity index (χ0v) is 12.5. The van der Waals surface area contributed by atoms with Crippen molar-refractivity contribution in [2.45, 2.75) is 26.8 Å². The lowest BCUT2D eigenvalue weighted by Crippen LogP contribution is -2.22. The highest BCUT2D eigenvalue weighted by Gasteiger charge is 2.16. The molecule has 2 rings (SSSR count). The van der Waals surface area contributed by atoms with Gasteiger partial charge in [0.1, 0.15) is 0 Å². The number of thiophene rings is 1. The van der Waals surface area contributed by atoms with Gasteiger partial charge in [0.05, 0.1) is 6.04 Å². The standard InChI is InChI=1S/C15H18ClNS/c1-4-17-15(12-5-7-13(16)8-6-12)14-9-10(2)18-11(14)3/h5-9,15,17H,4H2,1-3H3. The number of halogens is 1. The summed E-state index contributed by atoms with van der Waals surface area (Å²) in [7, 11) is 0. The number of hydrogen-bond acceptors (Lipinski definition) is 2. The van der Waals surface area contributed by atoms with Crippen LogP contribution >= 0.6 is 22.9 Å². The fraction of sp³-hybridized carbons (Fsp3) is 0.333. The molecule has 1 aromatic heterocycles. The summed E-state index contributed by atoms with van der Waals surface area (Å²) in [5.41, 5.74) is 2.64. The van der Waals surface area contributed by atoms with Crippen molar-refractivity contribution in [2.24, 2.45) is 0 Å². The number of benzene rings is 1. The first-order chi connectivity index (χ1) is 8.61. The van der Waals surface area contributed by atoms with Gasteiger partial charge in [0.25, 0.3) is 0 Å². The molecule has 0 radical (unpaired) electrons. The molecule has 1 N–H and O–H groups in total. The van der Waals surface area contributed by atoms with Crippen molar-refractivity contribution in [1.29, 1.82) is 0 Å². The monoisotopic (exact) mass is 279 g/mol. The van der Waals surface area contributed by atoms with Crippen LogP contribution in [0.4, 0.5) is 0 Å². The summed E-state index contributed by atoms with van der Waals surface area (Å²) in [4.78, 5) is 2.74. The van der Waals surface area contributed by atoms with E-state index >= 15 is 0 Å². The first-order valence-electron chi connectivity index (χ1n) is 6.17. The third-order valence-electron chi connectivity index (χ3n) is 3.00. The van der Waals surface area contributed by atoms with Crippen LogP contribution in [0, 0.1) is 13.8 Å². The summed E-state index contributed by atoms with van der Waals surface area (Å²) in [6, 6.07) is 10.6. The van der Waals surface area contributed by atoms with Crippen LogP contribution in [0.3, 0.4) is 0 Å². The molecule has 0 aliphatic rings. The minimum atomic E-state index is 0.261. The number of rotatable bonds is 4. The predicted octanol–water partition coefficient (Wildman–Crippen LogP) is 4.72. The summed E-state index contributed by atoms with van der Waals surface area (Å²) in [6.45, 7) is 7.43. The number of aryl methyl sites for hydroxylation is 2. The smallest absolute Gasteiger partial charge is 0.0587 e. The van der Waals surface area contributed by atoms with Crippen LogP contribution in [-0.2, 0) is 0 Å². The molecule has 1 heterocycles. The molecule has 3 heteroatoms. The average molecular weight is 280 g/mol. The zero-order valence-electron chi connectivity index (χ0n) is 11.0. The minimum absolute atomic E-state index is 0.261. The Bertz CT molecular complexity index is 516. The molecule has 0 spiro atoms. The van der Waals surface area contributed by atoms with Crippen molar-refractivity contribution in [3.8, 4) is 0 Å². The quantitative estimate of drug-likeness (QED) is 0.854. The Morgan fingerprint density at radius 1 is 1.22 bits per heavy atom. The molecule has 1 aromatic carbocycles. The second kappa shape index (κ2) is 5.87. The number of nitrogens with one attached hydrogen (secondary N) is 1. The fourth-order valence-electron chi connectivity index (χ4n) is 2.20. The van der Waals surface area contributed by atoms with Crippen LogP contribution in [0.1, 0.15) is 33.8 Å². The summed E-state index contributed by atoms with van der Waals surface area (Å²) in [5.74, 6) is 0. The fourth-order valence-corrected chi connectivity index (χ4v) is 3.29. The highest BCUT2D eigenvalue weighted by Crippen LogP contribution is 2.31. The molecule has 0 fully saturated rings. The van der Waals surface area contributed by atoms with Gasteiger partial charge in [-0.2, -0.15) is 0 Å². The van der Waals surface area contributed by atoms with E-state index in [1.165, 1.54) is 20.9 Å². The molecular formula is C15H18ClNS. The lowest BCUT2D eigenvalue weighted by molar-refractivity contribution is 0.630. The minimum Gasteiger partial charge on any atom is -0.306 e. The molecule has 0 aliphatic carbocycles. The normalized spacial score (nSPS) is 12.7. The van der Waals surface area contributed by atoms with E-state index in [0.29, 0.717) is 0 Å². The molecule has 0 bridgehead atoms. The van der Waals surface area contributed by atoms with Gasteiger partial charge < -0.3 is 5.32 Å². The molecule has 2 aromatic rings. The molecule has 0 saturated heterocycles. The van der Waals surface area contributed by atoms with E-state index in [1.807, 2.05) is 23.5 Å². The molecule has 1 unspecified atom stereocenters. The van der Waals surface area contributed by atoms with Crippen LogP contribution in [0.5, 0.6) is 0 Å². The Kier molecular flexibility index (Phi) is 4.44. The largest absolute Gasteiger partial charge is 0.306 e. The van der Waals surface area contributed by atoms with E-state index in [-0.39, 0.29) is 6.04 Å². The molecule has 0 aliphatic heterocycles. The highest BCUT2D eigenvalue weighted by molar-refractivity contribution is 7.12. The van der Waals surface area contributed by atoms with Gasteiger partial charge in [-0.1, -0.05) is 30.7 Å². The van der Waals surface area contributed by atoms with Crippen molar-refractivity contribution in [3.05, 3.63) is 56.2 Å². The van der Waals surface area contributed by atoms with Gasteiger partial charge in [-0.05, 0) is 49.7 Å². The third-order valence-corrected chi connectivity index (χ3v) is 4.24. The zero-order chi connectivity index (χ0) is 13.1. The van der Waals surface area contributed by atoms with Crippen LogP contribution in [0.15, 0.2) is 30.3 Å². The van der Waals surface area contributed by atoms with E-state index < -0.39 is 0 Å². The maximum Gasteiger partial charge on any atom is 0.0587 e. The van der Waals surface area contributed by atoms with Crippen molar-refractivity contribution in [2.75, 3.05) is 6.54 Å². The lowest BCUT2D eigenvalue weighted by atomic mass is 9.99. The average Bonchev–Trinajstić information content (AvgIpc) is 2.67. The summed E-state index contributed by atoms with van der Waals surface area (Å²) in [5, 5.41) is 4.34. The van der Waals surface area contributed by atoms with Gasteiger partial charge in [0.15, 0.2) is 0 Å². The first kappa shape index (κ1) is 13.6. The number of hydrogen-bond donors (Lipinski definition) is 1. The SMILES string of the molecule is CCNC(c1ccc(Cl)cc1)c1cc(C)sc1C. The van der Waals surface area contributed by atoms with Crippen LogP contribution in [0.25, 0.3) is 0 Å². The second-order valence-electron chi connectivity index (χ2n) is 4.41. The van der Waals surface area contributed by atoms with Gasteiger partial charge in [-0.15, -0.1) is 11.3 Å². The second-order valence-corrected chi connectivity index (χ2v) is 6.31. The van der Waals surface area contributed by atoms with Gasteiger partial charge >= 0.3 is 0 Å². The van der Waals surface area contributed by atoms with E-state index in [9.17, 15) is 0 Å².